The van der Waals surface area contributed by atoms with Gasteiger partial charge in [0.15, 0.2) is 0 Å². The molecule has 2 aromatic rings. The molecule has 3 rings (SSSR count). The van der Waals surface area contributed by atoms with Gasteiger partial charge in [-0.1, -0.05) is 18.2 Å². The highest BCUT2D eigenvalue weighted by molar-refractivity contribution is 5.95. The largest absolute Gasteiger partial charge is 0.480 e. The molecule has 1 aromatic carbocycles. The molecule has 0 bridgehead atoms. The van der Waals surface area contributed by atoms with E-state index >= 15 is 0 Å². The quantitative estimate of drug-likeness (QED) is 0.271. The fourth-order valence-electron chi connectivity index (χ4n) is 3.84. The van der Waals surface area contributed by atoms with E-state index in [4.69, 9.17) is 5.73 Å². The van der Waals surface area contributed by atoms with Crippen LogP contribution in [0.15, 0.2) is 30.5 Å². The number of carbonyl (C=O) groups is 4. The highest BCUT2D eigenvalue weighted by Crippen LogP contribution is 2.19. The maximum Gasteiger partial charge on any atom is 0.326 e. The van der Waals surface area contributed by atoms with E-state index in [1.165, 1.54) is 0 Å². The lowest BCUT2D eigenvalue weighted by Crippen LogP contribution is -2.54. The number of carboxylic acid groups (broad SMARTS) is 1. The van der Waals surface area contributed by atoms with Gasteiger partial charge in [-0.2, -0.15) is 0 Å². The first-order valence-electron chi connectivity index (χ1n) is 10.8. The first kappa shape index (κ1) is 23.3. The number of carbonyl (C=O) groups excluding carboxylic acids is 3. The van der Waals surface area contributed by atoms with Crippen LogP contribution in [-0.2, 0) is 25.6 Å². The third-order valence-corrected chi connectivity index (χ3v) is 5.61. The average molecular weight is 444 g/mol. The van der Waals surface area contributed by atoms with E-state index < -0.39 is 35.9 Å². The SMILES string of the molecule is NCCCCC(NC(=O)C1CCC(=O)N1)C(=O)NC(Cc1c[nH]c2ccccc12)C(=O)O. The Bertz CT molecular complexity index is 988. The smallest absolute Gasteiger partial charge is 0.326 e. The summed E-state index contributed by atoms with van der Waals surface area (Å²) in [6, 6.07) is 4.73. The number of amides is 3. The molecule has 1 aromatic heterocycles. The lowest BCUT2D eigenvalue weighted by Gasteiger charge is -2.23. The van der Waals surface area contributed by atoms with Crippen LogP contribution in [0, 0.1) is 0 Å². The van der Waals surface area contributed by atoms with Crippen LogP contribution in [0.2, 0.25) is 0 Å². The van der Waals surface area contributed by atoms with Crippen LogP contribution in [0.25, 0.3) is 10.9 Å². The van der Waals surface area contributed by atoms with Crippen molar-refractivity contribution in [2.24, 2.45) is 5.73 Å². The molecule has 1 aliphatic heterocycles. The maximum atomic E-state index is 12.9. The van der Waals surface area contributed by atoms with Gasteiger partial charge < -0.3 is 31.8 Å². The first-order chi connectivity index (χ1) is 15.4. The van der Waals surface area contributed by atoms with Crippen molar-refractivity contribution in [2.75, 3.05) is 6.54 Å². The van der Waals surface area contributed by atoms with Crippen LogP contribution < -0.4 is 21.7 Å². The first-order valence-corrected chi connectivity index (χ1v) is 10.8. The van der Waals surface area contributed by atoms with E-state index in [1.807, 2.05) is 24.3 Å². The Balaban J connectivity index is 1.69. The number of fused-ring (bicyclic) bond motifs is 1. The van der Waals surface area contributed by atoms with Gasteiger partial charge in [-0.3, -0.25) is 14.4 Å². The van der Waals surface area contributed by atoms with E-state index in [0.717, 1.165) is 16.5 Å². The van der Waals surface area contributed by atoms with Crippen molar-refractivity contribution in [3.8, 4) is 0 Å². The number of carboxylic acids is 1. The molecular formula is C22H29N5O5. The Kier molecular flexibility index (Phi) is 7.82. The summed E-state index contributed by atoms with van der Waals surface area (Å²) in [5.41, 5.74) is 7.18. The summed E-state index contributed by atoms with van der Waals surface area (Å²) >= 11 is 0. The van der Waals surface area contributed by atoms with Gasteiger partial charge >= 0.3 is 5.97 Å². The van der Waals surface area contributed by atoms with Crippen molar-refractivity contribution < 1.29 is 24.3 Å². The molecular weight excluding hydrogens is 414 g/mol. The zero-order valence-corrected chi connectivity index (χ0v) is 17.7. The summed E-state index contributed by atoms with van der Waals surface area (Å²) in [5, 5.41) is 18.4. The Morgan fingerprint density at radius 2 is 1.94 bits per heavy atom. The summed E-state index contributed by atoms with van der Waals surface area (Å²) in [4.78, 5) is 51.8. The number of aromatic amines is 1. The van der Waals surface area contributed by atoms with E-state index in [-0.39, 0.29) is 18.7 Å². The number of hydrogen-bond donors (Lipinski definition) is 6. The monoisotopic (exact) mass is 443 g/mol. The van der Waals surface area contributed by atoms with Crippen molar-refractivity contribution >= 4 is 34.6 Å². The molecule has 1 saturated heterocycles. The summed E-state index contributed by atoms with van der Waals surface area (Å²) in [5.74, 6) is -2.41. The molecule has 3 amide bonds. The van der Waals surface area contributed by atoms with Crippen molar-refractivity contribution in [3.05, 3.63) is 36.0 Å². The Morgan fingerprint density at radius 3 is 2.62 bits per heavy atom. The molecule has 0 spiro atoms. The van der Waals surface area contributed by atoms with Gasteiger partial charge in [0.2, 0.25) is 17.7 Å². The number of unbranched alkanes of at least 4 members (excludes halogenated alkanes) is 1. The molecule has 10 heteroatoms. The second-order valence-corrected chi connectivity index (χ2v) is 7.97. The molecule has 172 valence electrons. The fraction of sp³-hybridized carbons (Fsp3) is 0.455. The fourth-order valence-corrected chi connectivity index (χ4v) is 3.84. The summed E-state index contributed by atoms with van der Waals surface area (Å²) < 4.78 is 0. The topological polar surface area (TPSA) is 166 Å². The summed E-state index contributed by atoms with van der Waals surface area (Å²) in [6.45, 7) is 0.444. The lowest BCUT2D eigenvalue weighted by molar-refractivity contribution is -0.142. The second kappa shape index (κ2) is 10.8. The van der Waals surface area contributed by atoms with Gasteiger partial charge in [0.05, 0.1) is 0 Å². The van der Waals surface area contributed by atoms with Gasteiger partial charge in [0.25, 0.3) is 0 Å². The molecule has 32 heavy (non-hydrogen) atoms. The highest BCUT2D eigenvalue weighted by Gasteiger charge is 2.32. The Hall–Kier alpha value is -3.40. The van der Waals surface area contributed by atoms with Crippen LogP contribution in [0.5, 0.6) is 0 Å². The predicted molar refractivity (Wildman–Crippen MR) is 118 cm³/mol. The number of aromatic nitrogens is 1. The minimum absolute atomic E-state index is 0.0905. The van der Waals surface area contributed by atoms with Gasteiger partial charge in [0.1, 0.15) is 18.1 Å². The summed E-state index contributed by atoms with van der Waals surface area (Å²) in [6.07, 6.45) is 4.01. The third kappa shape index (κ3) is 5.85. The third-order valence-electron chi connectivity index (χ3n) is 5.61. The molecule has 0 saturated carbocycles. The van der Waals surface area contributed by atoms with Gasteiger partial charge in [-0.15, -0.1) is 0 Å². The molecule has 1 aliphatic rings. The van der Waals surface area contributed by atoms with Gasteiger partial charge in [-0.25, -0.2) is 4.79 Å². The molecule has 0 aliphatic carbocycles. The number of benzene rings is 1. The average Bonchev–Trinajstić information content (AvgIpc) is 3.39. The van der Waals surface area contributed by atoms with E-state index in [1.54, 1.807) is 6.20 Å². The van der Waals surface area contributed by atoms with E-state index in [0.29, 0.717) is 32.2 Å². The van der Waals surface area contributed by atoms with Crippen molar-refractivity contribution in [3.63, 3.8) is 0 Å². The van der Waals surface area contributed by atoms with Gasteiger partial charge in [-0.05, 0) is 43.9 Å². The molecule has 2 heterocycles. The predicted octanol–water partition coefficient (Wildman–Crippen LogP) is 0.172. The lowest BCUT2D eigenvalue weighted by atomic mass is 10.0. The van der Waals surface area contributed by atoms with Crippen molar-refractivity contribution in [1.82, 2.24) is 20.9 Å². The molecule has 0 radical (unpaired) electrons. The van der Waals surface area contributed by atoms with E-state index in [2.05, 4.69) is 20.9 Å². The number of aliphatic carboxylic acids is 1. The molecule has 1 fully saturated rings. The van der Waals surface area contributed by atoms with Crippen LogP contribution in [-0.4, -0.2) is 58.5 Å². The number of nitrogens with two attached hydrogens (primary N) is 1. The zero-order chi connectivity index (χ0) is 23.1. The number of H-pyrrole nitrogens is 1. The van der Waals surface area contributed by atoms with Crippen molar-refractivity contribution in [1.29, 1.82) is 0 Å². The highest BCUT2D eigenvalue weighted by atomic mass is 16.4. The van der Waals surface area contributed by atoms with Crippen LogP contribution >= 0.6 is 0 Å². The second-order valence-electron chi connectivity index (χ2n) is 7.97. The molecule has 3 unspecified atom stereocenters. The Labute approximate surface area is 185 Å². The molecule has 3 atom stereocenters. The number of nitrogens with one attached hydrogen (secondary N) is 4. The summed E-state index contributed by atoms with van der Waals surface area (Å²) in [7, 11) is 0. The zero-order valence-electron chi connectivity index (χ0n) is 17.7. The maximum absolute atomic E-state index is 12.9. The normalized spacial score (nSPS) is 17.5. The minimum Gasteiger partial charge on any atom is -0.480 e. The van der Waals surface area contributed by atoms with Crippen LogP contribution in [0.4, 0.5) is 0 Å². The molecule has 10 nitrogen and oxygen atoms in total. The van der Waals surface area contributed by atoms with Crippen LogP contribution in [0.1, 0.15) is 37.7 Å². The number of para-hydroxylation sites is 1. The Morgan fingerprint density at radius 1 is 1.16 bits per heavy atom. The van der Waals surface area contributed by atoms with Gasteiger partial charge in [0, 0.05) is 29.9 Å². The van der Waals surface area contributed by atoms with Crippen molar-refractivity contribution in [2.45, 2.75) is 56.7 Å². The molecule has 7 N–H and O–H groups in total. The van der Waals surface area contributed by atoms with Crippen LogP contribution in [0.3, 0.4) is 0 Å². The minimum atomic E-state index is -1.17. The standard InChI is InChI=1S/C22H29N5O5/c23-10-4-3-7-16(26-21(30)17-8-9-19(28)25-17)20(29)27-18(22(31)32)11-13-12-24-15-6-2-1-5-14(13)15/h1-2,5-6,12,16-18,24H,3-4,7-11,23H2,(H,25,28)(H,26,30)(H,27,29)(H,31,32). The number of hydrogen-bond acceptors (Lipinski definition) is 5. The van der Waals surface area contributed by atoms with E-state index in [9.17, 15) is 24.3 Å². The number of rotatable bonds is 11.